The summed E-state index contributed by atoms with van der Waals surface area (Å²) >= 11 is 0. The third-order valence-electron chi connectivity index (χ3n) is 11.6. The number of benzene rings is 7. The molecule has 0 atom stereocenters. The molecule has 51 heavy (non-hydrogen) atoms. The fraction of sp³-hybridized carbons (Fsp3) is 0.0667. The maximum Gasteiger partial charge on any atom is 0.141 e. The lowest BCUT2D eigenvalue weighted by molar-refractivity contribution is 0.661. The van der Waals surface area contributed by atoms with Crippen LogP contribution in [0.1, 0.15) is 25.0 Å². The Balaban J connectivity index is 1.29. The summed E-state index contributed by atoms with van der Waals surface area (Å²) in [5.74, 6) is 0. The highest BCUT2D eigenvalue weighted by molar-refractivity contribution is 6.63. The summed E-state index contributed by atoms with van der Waals surface area (Å²) < 4.78 is 2.46. The molecule has 0 saturated heterocycles. The van der Waals surface area contributed by atoms with Crippen molar-refractivity contribution in [2.75, 3.05) is 4.90 Å². The molecule has 0 aliphatic heterocycles. The molecule has 1 aliphatic carbocycles. The van der Waals surface area contributed by atoms with Gasteiger partial charge in [0.15, 0.2) is 0 Å². The van der Waals surface area contributed by atoms with E-state index in [4.69, 9.17) is 0 Å². The van der Waals surface area contributed by atoms with Crippen LogP contribution in [-0.4, -0.2) is 36.0 Å². The van der Waals surface area contributed by atoms with Crippen LogP contribution in [0.5, 0.6) is 0 Å². The fourth-order valence-corrected chi connectivity index (χ4v) is 8.85. The van der Waals surface area contributed by atoms with E-state index in [-0.39, 0.29) is 5.41 Å². The van der Waals surface area contributed by atoms with Gasteiger partial charge >= 0.3 is 0 Å². The molecule has 0 fully saturated rings. The Morgan fingerprint density at radius 2 is 1.04 bits per heavy atom. The van der Waals surface area contributed by atoms with Gasteiger partial charge in [-0.25, -0.2) is 0 Å². The second-order valence-corrected chi connectivity index (χ2v) is 14.7. The number of anilines is 3. The molecule has 8 aromatic rings. The minimum Gasteiger partial charge on any atom is -0.312 e. The molecule has 6 heteroatoms. The fourth-order valence-electron chi connectivity index (χ4n) is 8.85. The minimum absolute atomic E-state index is 0.0678. The van der Waals surface area contributed by atoms with Gasteiger partial charge in [-0.3, -0.25) is 0 Å². The van der Waals surface area contributed by atoms with E-state index in [1.165, 1.54) is 88.4 Å². The van der Waals surface area contributed by atoms with Crippen molar-refractivity contribution in [2.24, 2.45) is 0 Å². The first kappa shape index (κ1) is 31.4. The van der Waals surface area contributed by atoms with E-state index < -0.39 is 0 Å². The number of fused-ring (bicyclic) bond motifs is 6. The molecule has 0 saturated carbocycles. The second-order valence-electron chi connectivity index (χ2n) is 14.7. The maximum atomic E-state index is 2.47. The van der Waals surface area contributed by atoms with E-state index >= 15 is 0 Å². The van der Waals surface area contributed by atoms with Gasteiger partial charge in [0.05, 0.1) is 11.0 Å². The highest BCUT2D eigenvalue weighted by Gasteiger charge is 2.36. The van der Waals surface area contributed by atoms with E-state index in [1.54, 1.807) is 0 Å². The summed E-state index contributed by atoms with van der Waals surface area (Å²) in [5.41, 5.74) is 20.5. The molecule has 0 spiro atoms. The number of nitrogens with zero attached hydrogens (tertiary/aromatic N) is 2. The van der Waals surface area contributed by atoms with E-state index in [2.05, 4.69) is 200 Å². The van der Waals surface area contributed by atoms with Crippen molar-refractivity contribution in [3.63, 3.8) is 0 Å². The molecule has 1 heterocycles. The van der Waals surface area contributed by atoms with Crippen molar-refractivity contribution in [3.8, 4) is 27.9 Å². The third kappa shape index (κ3) is 4.69. The van der Waals surface area contributed by atoms with Gasteiger partial charge in [-0.05, 0) is 94.0 Å². The molecule has 7 aromatic carbocycles. The quantitative estimate of drug-likeness (QED) is 0.231. The Hall–Kier alpha value is -5.60. The van der Waals surface area contributed by atoms with Gasteiger partial charge in [0.25, 0.3) is 0 Å². The molecular weight excluding hydrogens is 612 g/mol. The van der Waals surface area contributed by atoms with Crippen LogP contribution >= 0.6 is 0 Å². The van der Waals surface area contributed by atoms with E-state index in [0.29, 0.717) is 0 Å². The largest absolute Gasteiger partial charge is 0.312 e. The second kappa shape index (κ2) is 11.7. The van der Waals surface area contributed by atoms with Crippen molar-refractivity contribution < 1.29 is 0 Å². The number of para-hydroxylation sites is 3. The van der Waals surface area contributed by atoms with Crippen molar-refractivity contribution in [2.45, 2.75) is 19.3 Å². The smallest absolute Gasteiger partial charge is 0.141 e. The average Bonchev–Trinajstić information content (AvgIpc) is 3.60. The summed E-state index contributed by atoms with van der Waals surface area (Å²) in [6.45, 7) is 4.74. The van der Waals surface area contributed by atoms with Gasteiger partial charge in [0.2, 0.25) is 0 Å². The first-order valence-electron chi connectivity index (χ1n) is 18.0. The minimum atomic E-state index is -0.0678. The molecular formula is C45H38B4N2. The van der Waals surface area contributed by atoms with E-state index in [0.717, 1.165) is 11.4 Å². The Morgan fingerprint density at radius 1 is 0.490 bits per heavy atom. The van der Waals surface area contributed by atoms with Gasteiger partial charge in [-0.15, -0.1) is 0 Å². The van der Waals surface area contributed by atoms with Gasteiger partial charge in [-0.1, -0.05) is 121 Å². The first-order chi connectivity index (χ1) is 24.8. The van der Waals surface area contributed by atoms with E-state index in [1.807, 2.05) is 0 Å². The molecule has 0 unspecified atom stereocenters. The van der Waals surface area contributed by atoms with Gasteiger partial charge in [-0.2, -0.15) is 0 Å². The topological polar surface area (TPSA) is 8.17 Å². The zero-order valence-electron chi connectivity index (χ0n) is 30.3. The zero-order valence-corrected chi connectivity index (χ0v) is 30.3. The van der Waals surface area contributed by atoms with Crippen LogP contribution in [0.15, 0.2) is 146 Å². The third-order valence-corrected chi connectivity index (χ3v) is 11.6. The molecule has 2 nitrogen and oxygen atoms in total. The predicted octanol–water partition coefficient (Wildman–Crippen LogP) is 5.26. The Morgan fingerprint density at radius 3 is 1.67 bits per heavy atom. The van der Waals surface area contributed by atoms with Crippen molar-refractivity contribution in [3.05, 3.63) is 157 Å². The molecule has 240 valence electrons. The highest BCUT2D eigenvalue weighted by atomic mass is 15.1. The van der Waals surface area contributed by atoms with Crippen molar-refractivity contribution in [1.29, 1.82) is 0 Å². The lowest BCUT2D eigenvalue weighted by Crippen LogP contribution is -2.46. The molecule has 9 rings (SSSR count). The average molecular weight is 650 g/mol. The predicted molar refractivity (Wildman–Crippen MR) is 231 cm³/mol. The first-order valence-corrected chi connectivity index (χ1v) is 18.0. The zero-order chi connectivity index (χ0) is 35.0. The molecule has 0 bridgehead atoms. The summed E-state index contributed by atoms with van der Waals surface area (Å²) in [6.07, 6.45) is 0. The lowest BCUT2D eigenvalue weighted by atomic mass is 9.64. The number of aromatic nitrogens is 1. The summed E-state index contributed by atoms with van der Waals surface area (Å²) in [5, 5.41) is 2.58. The number of hydrogen-bond donors (Lipinski definition) is 0. The van der Waals surface area contributed by atoms with Crippen LogP contribution in [0.4, 0.5) is 17.1 Å². The molecule has 1 aromatic heterocycles. The standard InChI is InChI=1S/C45H38B4N2/c1-45(2)35-21-13-12-20-31(35)32-25-34-33-24-27(22-23-37(33)51(38(34)26-36(32)45)30-18-10-5-11-19-30)39-40(46)42(48)44(43(49)41(39)47)50(28-14-6-3-7-15-28)29-16-8-4-9-17-29/h3-26H,46-49H2,1-2H3. The summed E-state index contributed by atoms with van der Waals surface area (Å²) in [7, 11) is 9.19. The molecule has 0 amide bonds. The monoisotopic (exact) mass is 650 g/mol. The van der Waals surface area contributed by atoms with Crippen LogP contribution in [0.2, 0.25) is 0 Å². The maximum absolute atomic E-state index is 2.47. The number of hydrogen-bond acceptors (Lipinski definition) is 1. The molecule has 1 aliphatic rings. The molecule has 0 radical (unpaired) electrons. The lowest BCUT2D eigenvalue weighted by Gasteiger charge is -2.32. The Labute approximate surface area is 304 Å². The van der Waals surface area contributed by atoms with Crippen LogP contribution in [-0.2, 0) is 5.41 Å². The summed E-state index contributed by atoms with van der Waals surface area (Å²) in [4.78, 5) is 2.42. The van der Waals surface area contributed by atoms with Crippen LogP contribution < -0.4 is 26.8 Å². The molecule has 0 N–H and O–H groups in total. The van der Waals surface area contributed by atoms with Gasteiger partial charge < -0.3 is 9.47 Å². The highest BCUT2D eigenvalue weighted by Crippen LogP contribution is 2.51. The van der Waals surface area contributed by atoms with Gasteiger partial charge in [0, 0.05) is 38.9 Å². The summed E-state index contributed by atoms with van der Waals surface area (Å²) in [6, 6.07) is 53.4. The Bertz CT molecular complexity index is 2580. The Kier molecular flexibility index (Phi) is 7.23. The van der Waals surface area contributed by atoms with Gasteiger partial charge in [0.1, 0.15) is 31.4 Å². The van der Waals surface area contributed by atoms with Crippen molar-refractivity contribution in [1.82, 2.24) is 4.57 Å². The van der Waals surface area contributed by atoms with Crippen LogP contribution in [0.3, 0.4) is 0 Å². The number of rotatable bonds is 5. The normalized spacial score (nSPS) is 13.0. The van der Waals surface area contributed by atoms with E-state index in [9.17, 15) is 0 Å². The van der Waals surface area contributed by atoms with Crippen molar-refractivity contribution >= 4 is 92.1 Å². The van der Waals surface area contributed by atoms with Crippen LogP contribution in [0, 0.1) is 0 Å². The SMILES string of the molecule is Bc1c(B)c(N(c2ccccc2)c2ccccc2)c(B)c(B)c1-c1ccc2c(c1)c1cc3c(cc1n2-c1ccccc1)C(C)(C)c1ccccc1-3. The van der Waals surface area contributed by atoms with Crippen LogP contribution in [0.25, 0.3) is 49.7 Å².